The molecule has 0 aromatic heterocycles. The van der Waals surface area contributed by atoms with Crippen LogP contribution in [0.4, 0.5) is 10.1 Å². The molecule has 0 spiro atoms. The lowest BCUT2D eigenvalue weighted by Crippen LogP contribution is -2.03. The highest BCUT2D eigenvalue weighted by molar-refractivity contribution is 5.50. The Morgan fingerprint density at radius 3 is 2.39 bits per heavy atom. The number of halogens is 1. The van der Waals surface area contributed by atoms with Crippen molar-refractivity contribution in [2.24, 2.45) is 0 Å². The predicted molar refractivity (Wildman–Crippen MR) is 77.6 cm³/mol. The van der Waals surface area contributed by atoms with Crippen molar-refractivity contribution in [2.75, 3.05) is 11.9 Å². The number of anilines is 1. The average molecular weight is 251 g/mol. The van der Waals surface area contributed by atoms with E-state index in [1.165, 1.54) is 51.0 Å². The van der Waals surface area contributed by atoms with Crippen LogP contribution in [0, 0.1) is 12.7 Å². The molecule has 1 rings (SSSR count). The molecule has 1 aromatic rings. The van der Waals surface area contributed by atoms with Crippen LogP contribution < -0.4 is 5.32 Å². The van der Waals surface area contributed by atoms with Crippen LogP contribution in [0.15, 0.2) is 18.2 Å². The zero-order chi connectivity index (χ0) is 13.2. The highest BCUT2D eigenvalue weighted by Gasteiger charge is 1.99. The van der Waals surface area contributed by atoms with Crippen molar-refractivity contribution in [3.8, 4) is 0 Å². The van der Waals surface area contributed by atoms with Crippen LogP contribution in [0.5, 0.6) is 0 Å². The van der Waals surface area contributed by atoms with Gasteiger partial charge in [-0.2, -0.15) is 0 Å². The van der Waals surface area contributed by atoms with Crippen molar-refractivity contribution in [3.63, 3.8) is 0 Å². The molecule has 0 amide bonds. The molecule has 0 aliphatic carbocycles. The van der Waals surface area contributed by atoms with Crippen LogP contribution in [0.2, 0.25) is 0 Å². The molecular formula is C16H26FN. The molecule has 0 unspecified atom stereocenters. The number of rotatable bonds is 9. The van der Waals surface area contributed by atoms with Gasteiger partial charge in [0.15, 0.2) is 0 Å². The Bertz CT molecular complexity index is 336. The largest absolute Gasteiger partial charge is 0.385 e. The van der Waals surface area contributed by atoms with E-state index in [1.807, 2.05) is 13.0 Å². The van der Waals surface area contributed by atoms with Crippen molar-refractivity contribution in [3.05, 3.63) is 29.6 Å². The quantitative estimate of drug-likeness (QED) is 0.587. The van der Waals surface area contributed by atoms with E-state index < -0.39 is 0 Å². The fourth-order valence-corrected chi connectivity index (χ4v) is 2.09. The first-order valence-corrected chi connectivity index (χ1v) is 7.24. The second kappa shape index (κ2) is 8.96. The first kappa shape index (κ1) is 15.0. The van der Waals surface area contributed by atoms with E-state index in [1.54, 1.807) is 6.07 Å². The molecule has 0 bridgehead atoms. The summed E-state index contributed by atoms with van der Waals surface area (Å²) in [7, 11) is 0. The van der Waals surface area contributed by atoms with Gasteiger partial charge < -0.3 is 5.32 Å². The molecule has 0 heterocycles. The van der Waals surface area contributed by atoms with Crippen molar-refractivity contribution in [1.82, 2.24) is 0 Å². The van der Waals surface area contributed by atoms with Crippen molar-refractivity contribution >= 4 is 5.69 Å². The molecular weight excluding hydrogens is 225 g/mol. The summed E-state index contributed by atoms with van der Waals surface area (Å²) in [4.78, 5) is 0. The van der Waals surface area contributed by atoms with E-state index in [0.717, 1.165) is 17.8 Å². The van der Waals surface area contributed by atoms with Crippen LogP contribution in [-0.4, -0.2) is 6.54 Å². The fourth-order valence-electron chi connectivity index (χ4n) is 2.09. The predicted octanol–water partition coefficient (Wildman–Crippen LogP) is 5.30. The van der Waals surface area contributed by atoms with E-state index in [-0.39, 0.29) is 5.82 Å². The van der Waals surface area contributed by atoms with Crippen LogP contribution >= 0.6 is 0 Å². The average Bonchev–Trinajstić information content (AvgIpc) is 2.36. The molecule has 1 N–H and O–H groups in total. The summed E-state index contributed by atoms with van der Waals surface area (Å²) in [5.74, 6) is -0.164. The van der Waals surface area contributed by atoms with Gasteiger partial charge in [0, 0.05) is 12.2 Å². The van der Waals surface area contributed by atoms with E-state index in [0.29, 0.717) is 0 Å². The first-order valence-electron chi connectivity index (χ1n) is 7.24. The van der Waals surface area contributed by atoms with Gasteiger partial charge in [-0.3, -0.25) is 0 Å². The Hall–Kier alpha value is -1.05. The molecule has 0 atom stereocenters. The minimum absolute atomic E-state index is 0.164. The third-order valence-electron chi connectivity index (χ3n) is 3.30. The molecule has 2 heteroatoms. The zero-order valence-electron chi connectivity index (χ0n) is 11.8. The summed E-state index contributed by atoms with van der Waals surface area (Å²) in [6.45, 7) is 5.19. The minimum atomic E-state index is -0.164. The maximum Gasteiger partial charge on any atom is 0.125 e. The van der Waals surface area contributed by atoms with Gasteiger partial charge in [0.1, 0.15) is 5.82 Å². The van der Waals surface area contributed by atoms with E-state index in [2.05, 4.69) is 12.2 Å². The SMILES string of the molecule is CCCCCCCCCNc1cc(F)ccc1C. The molecule has 0 saturated heterocycles. The fraction of sp³-hybridized carbons (Fsp3) is 0.625. The van der Waals surface area contributed by atoms with Crippen LogP contribution in [0.1, 0.15) is 57.4 Å². The molecule has 102 valence electrons. The summed E-state index contributed by atoms with van der Waals surface area (Å²) < 4.78 is 13.1. The maximum absolute atomic E-state index is 13.1. The van der Waals surface area contributed by atoms with Gasteiger partial charge in [0.25, 0.3) is 0 Å². The lowest BCUT2D eigenvalue weighted by molar-refractivity contribution is 0.596. The molecule has 0 aliphatic heterocycles. The van der Waals surface area contributed by atoms with Gasteiger partial charge in [-0.05, 0) is 31.0 Å². The summed E-state index contributed by atoms with van der Waals surface area (Å²) in [6, 6.07) is 4.91. The number of benzene rings is 1. The number of unbranched alkanes of at least 4 members (excludes halogenated alkanes) is 6. The van der Waals surface area contributed by atoms with Crippen LogP contribution in [-0.2, 0) is 0 Å². The Morgan fingerprint density at radius 2 is 1.67 bits per heavy atom. The smallest absolute Gasteiger partial charge is 0.125 e. The highest BCUT2D eigenvalue weighted by atomic mass is 19.1. The third kappa shape index (κ3) is 6.04. The lowest BCUT2D eigenvalue weighted by Gasteiger charge is -2.09. The Morgan fingerprint density at radius 1 is 1.00 bits per heavy atom. The Labute approximate surface area is 111 Å². The minimum Gasteiger partial charge on any atom is -0.385 e. The molecule has 1 aromatic carbocycles. The van der Waals surface area contributed by atoms with Gasteiger partial charge >= 0.3 is 0 Å². The van der Waals surface area contributed by atoms with E-state index in [9.17, 15) is 4.39 Å². The Kier molecular flexibility index (Phi) is 7.47. The lowest BCUT2D eigenvalue weighted by atomic mass is 10.1. The van der Waals surface area contributed by atoms with E-state index in [4.69, 9.17) is 0 Å². The topological polar surface area (TPSA) is 12.0 Å². The first-order chi connectivity index (χ1) is 8.74. The highest BCUT2D eigenvalue weighted by Crippen LogP contribution is 2.16. The van der Waals surface area contributed by atoms with Crippen molar-refractivity contribution in [2.45, 2.75) is 58.8 Å². The second-order valence-electron chi connectivity index (χ2n) is 5.01. The number of hydrogen-bond donors (Lipinski definition) is 1. The standard InChI is InChI=1S/C16H26FN/c1-3-4-5-6-7-8-9-12-18-16-13-15(17)11-10-14(16)2/h10-11,13,18H,3-9,12H2,1-2H3. The van der Waals surface area contributed by atoms with Gasteiger partial charge in [0.05, 0.1) is 0 Å². The number of nitrogens with one attached hydrogen (secondary N) is 1. The second-order valence-corrected chi connectivity index (χ2v) is 5.01. The van der Waals surface area contributed by atoms with Crippen molar-refractivity contribution in [1.29, 1.82) is 0 Å². The normalized spacial score (nSPS) is 10.6. The van der Waals surface area contributed by atoms with Gasteiger partial charge in [-0.25, -0.2) is 4.39 Å². The van der Waals surface area contributed by atoms with E-state index >= 15 is 0 Å². The number of aryl methyl sites for hydroxylation is 1. The maximum atomic E-state index is 13.1. The molecule has 0 fully saturated rings. The van der Waals surface area contributed by atoms with Crippen LogP contribution in [0.3, 0.4) is 0 Å². The molecule has 1 nitrogen and oxygen atoms in total. The summed E-state index contributed by atoms with van der Waals surface area (Å²) in [5.41, 5.74) is 2.04. The van der Waals surface area contributed by atoms with Crippen LogP contribution in [0.25, 0.3) is 0 Å². The molecule has 0 radical (unpaired) electrons. The summed E-state index contributed by atoms with van der Waals surface area (Å²) in [5, 5.41) is 3.32. The third-order valence-corrected chi connectivity index (χ3v) is 3.30. The summed E-state index contributed by atoms with van der Waals surface area (Å²) in [6.07, 6.45) is 9.15. The summed E-state index contributed by atoms with van der Waals surface area (Å²) >= 11 is 0. The Balaban J connectivity index is 2.09. The van der Waals surface area contributed by atoms with Gasteiger partial charge in [-0.15, -0.1) is 0 Å². The van der Waals surface area contributed by atoms with Gasteiger partial charge in [0.2, 0.25) is 0 Å². The van der Waals surface area contributed by atoms with Crippen molar-refractivity contribution < 1.29 is 4.39 Å². The molecule has 0 aliphatic rings. The molecule has 0 saturated carbocycles. The molecule has 18 heavy (non-hydrogen) atoms. The number of hydrogen-bond acceptors (Lipinski definition) is 1. The zero-order valence-corrected chi connectivity index (χ0v) is 11.8. The van der Waals surface area contributed by atoms with Gasteiger partial charge in [-0.1, -0.05) is 51.5 Å². The monoisotopic (exact) mass is 251 g/mol.